The topological polar surface area (TPSA) is 24.9 Å². The quantitative estimate of drug-likeness (QED) is 0.887. The Kier molecular flexibility index (Phi) is 3.48. The van der Waals surface area contributed by atoms with Crippen molar-refractivity contribution >= 4 is 28.2 Å². The molecule has 0 bridgehead atoms. The SMILES string of the molecule is CCCNc1cc(C)nc2c(Cl)cc(F)cc12. The first-order valence-electron chi connectivity index (χ1n) is 5.62. The molecule has 0 saturated carbocycles. The molecule has 2 nitrogen and oxygen atoms in total. The van der Waals surface area contributed by atoms with Crippen LogP contribution < -0.4 is 5.32 Å². The lowest BCUT2D eigenvalue weighted by molar-refractivity contribution is 0.629. The van der Waals surface area contributed by atoms with Crippen molar-refractivity contribution < 1.29 is 4.39 Å². The molecule has 0 aliphatic rings. The van der Waals surface area contributed by atoms with Crippen LogP contribution in [0.25, 0.3) is 10.9 Å². The molecule has 1 heterocycles. The van der Waals surface area contributed by atoms with Gasteiger partial charge < -0.3 is 5.32 Å². The second-order valence-electron chi connectivity index (χ2n) is 4.02. The minimum Gasteiger partial charge on any atom is -0.384 e. The first-order chi connectivity index (χ1) is 8.11. The smallest absolute Gasteiger partial charge is 0.125 e. The average molecular weight is 253 g/mol. The van der Waals surface area contributed by atoms with E-state index in [1.807, 2.05) is 13.0 Å². The van der Waals surface area contributed by atoms with Crippen LogP contribution in [0, 0.1) is 12.7 Å². The fourth-order valence-electron chi connectivity index (χ4n) is 1.79. The summed E-state index contributed by atoms with van der Waals surface area (Å²) in [6, 6.07) is 4.67. The van der Waals surface area contributed by atoms with E-state index in [0.717, 1.165) is 29.7 Å². The molecule has 0 unspecified atom stereocenters. The van der Waals surface area contributed by atoms with E-state index in [9.17, 15) is 4.39 Å². The summed E-state index contributed by atoms with van der Waals surface area (Å²) in [4.78, 5) is 4.35. The number of nitrogens with one attached hydrogen (secondary N) is 1. The number of rotatable bonds is 3. The number of aromatic nitrogens is 1. The van der Waals surface area contributed by atoms with Crippen LogP contribution >= 0.6 is 11.6 Å². The number of hydrogen-bond donors (Lipinski definition) is 1. The van der Waals surface area contributed by atoms with Gasteiger partial charge in [0, 0.05) is 23.3 Å². The average Bonchev–Trinajstić information content (AvgIpc) is 2.27. The van der Waals surface area contributed by atoms with Crippen molar-refractivity contribution in [3.8, 4) is 0 Å². The summed E-state index contributed by atoms with van der Waals surface area (Å²) in [6.45, 7) is 4.82. The highest BCUT2D eigenvalue weighted by Crippen LogP contribution is 2.29. The van der Waals surface area contributed by atoms with Gasteiger partial charge in [-0.1, -0.05) is 18.5 Å². The van der Waals surface area contributed by atoms with Gasteiger partial charge in [-0.25, -0.2) is 4.39 Å². The number of nitrogens with zero attached hydrogens (tertiary/aromatic N) is 1. The number of aryl methyl sites for hydroxylation is 1. The van der Waals surface area contributed by atoms with Crippen LogP contribution in [0.4, 0.5) is 10.1 Å². The summed E-state index contributed by atoms with van der Waals surface area (Å²) in [6.07, 6.45) is 1.01. The monoisotopic (exact) mass is 252 g/mol. The van der Waals surface area contributed by atoms with E-state index in [0.29, 0.717) is 10.5 Å². The Labute approximate surface area is 105 Å². The highest BCUT2D eigenvalue weighted by atomic mass is 35.5. The van der Waals surface area contributed by atoms with Gasteiger partial charge in [0.1, 0.15) is 5.82 Å². The van der Waals surface area contributed by atoms with Gasteiger partial charge in [0.25, 0.3) is 0 Å². The minimum atomic E-state index is -0.340. The van der Waals surface area contributed by atoms with Crippen molar-refractivity contribution in [3.05, 3.63) is 34.7 Å². The van der Waals surface area contributed by atoms with Gasteiger partial charge in [-0.15, -0.1) is 0 Å². The number of benzene rings is 1. The van der Waals surface area contributed by atoms with Gasteiger partial charge in [0.15, 0.2) is 0 Å². The Balaban J connectivity index is 2.64. The second kappa shape index (κ2) is 4.88. The number of anilines is 1. The van der Waals surface area contributed by atoms with Crippen molar-refractivity contribution in [2.45, 2.75) is 20.3 Å². The molecule has 0 aliphatic carbocycles. The van der Waals surface area contributed by atoms with Crippen LogP contribution in [0.5, 0.6) is 0 Å². The molecule has 1 aromatic carbocycles. The Hall–Kier alpha value is -1.35. The fourth-order valence-corrected chi connectivity index (χ4v) is 2.03. The second-order valence-corrected chi connectivity index (χ2v) is 4.43. The third-order valence-electron chi connectivity index (χ3n) is 2.53. The van der Waals surface area contributed by atoms with E-state index in [4.69, 9.17) is 11.6 Å². The maximum Gasteiger partial charge on any atom is 0.125 e. The molecule has 0 saturated heterocycles. The van der Waals surface area contributed by atoms with Gasteiger partial charge in [-0.05, 0) is 31.5 Å². The fraction of sp³-hybridized carbons (Fsp3) is 0.308. The predicted molar refractivity (Wildman–Crippen MR) is 70.2 cm³/mol. The number of hydrogen-bond acceptors (Lipinski definition) is 2. The zero-order valence-corrected chi connectivity index (χ0v) is 10.6. The normalized spacial score (nSPS) is 10.8. The number of halogens is 2. The zero-order chi connectivity index (χ0) is 12.4. The van der Waals surface area contributed by atoms with Gasteiger partial charge in [0.05, 0.1) is 10.5 Å². The first-order valence-corrected chi connectivity index (χ1v) is 6.00. The van der Waals surface area contributed by atoms with E-state index in [2.05, 4.69) is 17.2 Å². The van der Waals surface area contributed by atoms with Crippen molar-refractivity contribution in [2.24, 2.45) is 0 Å². The molecular weight excluding hydrogens is 239 g/mol. The first kappa shape index (κ1) is 12.1. The lowest BCUT2D eigenvalue weighted by Crippen LogP contribution is -2.02. The summed E-state index contributed by atoms with van der Waals surface area (Å²) in [5, 5.41) is 4.35. The number of pyridine rings is 1. The largest absolute Gasteiger partial charge is 0.384 e. The van der Waals surface area contributed by atoms with E-state index in [1.165, 1.54) is 12.1 Å². The molecule has 0 amide bonds. The van der Waals surface area contributed by atoms with Crippen molar-refractivity contribution in [2.75, 3.05) is 11.9 Å². The van der Waals surface area contributed by atoms with E-state index < -0.39 is 0 Å². The minimum absolute atomic E-state index is 0.340. The van der Waals surface area contributed by atoms with Crippen LogP contribution in [0.2, 0.25) is 5.02 Å². The Bertz CT molecular complexity index is 555. The van der Waals surface area contributed by atoms with Crippen molar-refractivity contribution in [1.29, 1.82) is 0 Å². The summed E-state index contributed by atoms with van der Waals surface area (Å²) in [5.74, 6) is -0.340. The molecule has 0 radical (unpaired) electrons. The molecular formula is C13H14ClFN2. The third kappa shape index (κ3) is 2.50. The summed E-state index contributed by atoms with van der Waals surface area (Å²) in [5.41, 5.74) is 2.40. The van der Waals surface area contributed by atoms with Gasteiger partial charge in [-0.2, -0.15) is 0 Å². The zero-order valence-electron chi connectivity index (χ0n) is 9.85. The van der Waals surface area contributed by atoms with Gasteiger partial charge in [-0.3, -0.25) is 4.98 Å². The van der Waals surface area contributed by atoms with Crippen molar-refractivity contribution in [1.82, 2.24) is 4.98 Å². The molecule has 1 N–H and O–H groups in total. The highest BCUT2D eigenvalue weighted by molar-refractivity contribution is 6.35. The summed E-state index contributed by atoms with van der Waals surface area (Å²) >= 11 is 6.01. The van der Waals surface area contributed by atoms with Crippen LogP contribution in [0.1, 0.15) is 19.0 Å². The van der Waals surface area contributed by atoms with Crippen molar-refractivity contribution in [3.63, 3.8) is 0 Å². The molecule has 0 fully saturated rings. The standard InChI is InChI=1S/C13H14ClFN2/c1-3-4-16-12-5-8(2)17-13-10(12)6-9(15)7-11(13)14/h5-7H,3-4H2,1-2H3,(H,16,17). The van der Waals surface area contributed by atoms with Crippen LogP contribution in [0.3, 0.4) is 0 Å². The van der Waals surface area contributed by atoms with Crippen LogP contribution in [0.15, 0.2) is 18.2 Å². The molecule has 0 aliphatic heterocycles. The van der Waals surface area contributed by atoms with Gasteiger partial charge in [0.2, 0.25) is 0 Å². The highest BCUT2D eigenvalue weighted by Gasteiger charge is 2.09. The predicted octanol–water partition coefficient (Wildman–Crippen LogP) is 4.16. The Morgan fingerprint density at radius 1 is 1.35 bits per heavy atom. The molecule has 0 spiro atoms. The maximum absolute atomic E-state index is 13.4. The molecule has 1 aromatic heterocycles. The molecule has 17 heavy (non-hydrogen) atoms. The molecule has 4 heteroatoms. The van der Waals surface area contributed by atoms with Crippen LogP contribution in [-0.4, -0.2) is 11.5 Å². The molecule has 0 atom stereocenters. The molecule has 2 rings (SSSR count). The Morgan fingerprint density at radius 3 is 2.82 bits per heavy atom. The van der Waals surface area contributed by atoms with E-state index in [1.54, 1.807) is 0 Å². The number of fused-ring (bicyclic) bond motifs is 1. The van der Waals surface area contributed by atoms with Gasteiger partial charge >= 0.3 is 0 Å². The third-order valence-corrected chi connectivity index (χ3v) is 2.81. The molecule has 90 valence electrons. The maximum atomic E-state index is 13.4. The summed E-state index contributed by atoms with van der Waals surface area (Å²) in [7, 11) is 0. The Morgan fingerprint density at radius 2 is 2.12 bits per heavy atom. The van der Waals surface area contributed by atoms with E-state index >= 15 is 0 Å². The molecule has 2 aromatic rings. The lowest BCUT2D eigenvalue weighted by atomic mass is 10.1. The van der Waals surface area contributed by atoms with E-state index in [-0.39, 0.29) is 5.82 Å². The lowest BCUT2D eigenvalue weighted by Gasteiger charge is -2.11. The van der Waals surface area contributed by atoms with Crippen LogP contribution in [-0.2, 0) is 0 Å². The summed E-state index contributed by atoms with van der Waals surface area (Å²) < 4.78 is 13.4.